The van der Waals surface area contributed by atoms with Crippen LogP contribution in [0.25, 0.3) is 11.1 Å². The summed E-state index contributed by atoms with van der Waals surface area (Å²) in [6, 6.07) is 1.79. The van der Waals surface area contributed by atoms with E-state index in [0.29, 0.717) is 30.5 Å². The molecule has 2 aromatic heterocycles. The quantitative estimate of drug-likeness (QED) is 0.781. The van der Waals surface area contributed by atoms with E-state index in [9.17, 15) is 9.59 Å². The van der Waals surface area contributed by atoms with Gasteiger partial charge in [-0.25, -0.2) is 4.98 Å². The summed E-state index contributed by atoms with van der Waals surface area (Å²) < 4.78 is 7.76. The predicted octanol–water partition coefficient (Wildman–Crippen LogP) is 3.00. The Kier molecular flexibility index (Phi) is 5.79. The molecule has 4 rings (SSSR count). The lowest BCUT2D eigenvalue weighted by molar-refractivity contribution is -0.142. The van der Waals surface area contributed by atoms with Gasteiger partial charge in [0.1, 0.15) is 5.82 Å². The average molecular weight is 446 g/mol. The first kappa shape index (κ1) is 21.8. The maximum Gasteiger partial charge on any atom is 0.231 e. The van der Waals surface area contributed by atoms with Gasteiger partial charge in [-0.2, -0.15) is 5.10 Å². The molecule has 9 heteroatoms. The Morgan fingerprint density at radius 3 is 2.84 bits per heavy atom. The van der Waals surface area contributed by atoms with Crippen molar-refractivity contribution in [2.24, 2.45) is 11.3 Å². The lowest BCUT2D eigenvalue weighted by atomic mass is 9.89. The number of hydrogen-bond donors (Lipinski definition) is 1. The number of fused-ring (bicyclic) bond motifs is 1. The van der Waals surface area contributed by atoms with E-state index in [0.717, 1.165) is 29.8 Å². The SMILES string of the molecule is CC(=O)N1CCOC(C(C)C(=O)Nc2cc(-c3cnn4c3CC(C)(C)C4)c(Cl)cn2)C1. The third-order valence-corrected chi connectivity index (χ3v) is 6.38. The van der Waals surface area contributed by atoms with Gasteiger partial charge in [0.05, 0.1) is 29.8 Å². The minimum atomic E-state index is -0.440. The number of rotatable bonds is 4. The van der Waals surface area contributed by atoms with Crippen LogP contribution in [-0.2, 0) is 27.3 Å². The van der Waals surface area contributed by atoms with E-state index in [1.54, 1.807) is 24.1 Å². The molecule has 0 aliphatic carbocycles. The molecule has 2 amide bonds. The summed E-state index contributed by atoms with van der Waals surface area (Å²) >= 11 is 6.46. The van der Waals surface area contributed by atoms with Gasteiger partial charge in [0.2, 0.25) is 11.8 Å². The second-order valence-corrected chi connectivity index (χ2v) is 9.61. The molecule has 2 unspecified atom stereocenters. The Hall–Kier alpha value is -2.45. The van der Waals surface area contributed by atoms with Gasteiger partial charge in [-0.05, 0) is 17.9 Å². The third kappa shape index (κ3) is 4.45. The number of carbonyl (C=O) groups is 2. The summed E-state index contributed by atoms with van der Waals surface area (Å²) in [6.45, 7) is 10.0. The molecule has 31 heavy (non-hydrogen) atoms. The zero-order valence-corrected chi connectivity index (χ0v) is 19.1. The number of ether oxygens (including phenoxy) is 1. The fraction of sp³-hybridized carbons (Fsp3) is 0.545. The summed E-state index contributed by atoms with van der Waals surface area (Å²) in [5, 5.41) is 7.90. The van der Waals surface area contributed by atoms with Crippen LogP contribution in [0.3, 0.4) is 0 Å². The van der Waals surface area contributed by atoms with Crippen molar-refractivity contribution in [2.75, 3.05) is 25.0 Å². The largest absolute Gasteiger partial charge is 0.374 e. The monoisotopic (exact) mass is 445 g/mol. The molecule has 2 aliphatic heterocycles. The Bertz CT molecular complexity index is 1020. The number of nitrogens with zero attached hydrogens (tertiary/aromatic N) is 4. The lowest BCUT2D eigenvalue weighted by Crippen LogP contribution is -2.49. The molecule has 166 valence electrons. The minimum Gasteiger partial charge on any atom is -0.374 e. The molecule has 0 spiro atoms. The Morgan fingerprint density at radius 2 is 2.10 bits per heavy atom. The van der Waals surface area contributed by atoms with E-state index in [4.69, 9.17) is 16.3 Å². The number of pyridine rings is 1. The minimum absolute atomic E-state index is 0.0122. The van der Waals surface area contributed by atoms with E-state index in [2.05, 4.69) is 29.2 Å². The highest BCUT2D eigenvalue weighted by atomic mass is 35.5. The van der Waals surface area contributed by atoms with Crippen LogP contribution in [0, 0.1) is 11.3 Å². The number of amides is 2. The molecule has 0 radical (unpaired) electrons. The molecular formula is C22H28ClN5O3. The summed E-state index contributed by atoms with van der Waals surface area (Å²) in [7, 11) is 0. The number of morpholine rings is 1. The fourth-order valence-electron chi connectivity index (χ4n) is 4.26. The molecule has 1 N–H and O–H groups in total. The maximum absolute atomic E-state index is 12.9. The number of carbonyl (C=O) groups excluding carboxylic acids is 2. The molecule has 4 heterocycles. The lowest BCUT2D eigenvalue weighted by Gasteiger charge is -2.34. The molecule has 1 fully saturated rings. The van der Waals surface area contributed by atoms with Gasteiger partial charge in [-0.3, -0.25) is 14.3 Å². The van der Waals surface area contributed by atoms with Crippen molar-refractivity contribution in [3.63, 3.8) is 0 Å². The molecule has 0 saturated carbocycles. The van der Waals surface area contributed by atoms with Crippen molar-refractivity contribution >= 4 is 29.2 Å². The molecule has 1 saturated heterocycles. The standard InChI is InChI=1S/C22H28ClN5O3/c1-13(19-11-27(14(2)29)5-6-31-19)21(30)26-20-7-15(17(23)10-24-20)16-9-25-28-12-22(3,4)8-18(16)28/h7,9-10,13,19H,5-6,8,11-12H2,1-4H3,(H,24,26,30). The van der Waals surface area contributed by atoms with Gasteiger partial charge >= 0.3 is 0 Å². The van der Waals surface area contributed by atoms with Gasteiger partial charge in [-0.15, -0.1) is 0 Å². The highest BCUT2D eigenvalue weighted by molar-refractivity contribution is 6.33. The van der Waals surface area contributed by atoms with Crippen LogP contribution in [0.15, 0.2) is 18.5 Å². The van der Waals surface area contributed by atoms with E-state index >= 15 is 0 Å². The summed E-state index contributed by atoms with van der Waals surface area (Å²) in [4.78, 5) is 30.5. The normalized spacial score (nSPS) is 20.9. The molecule has 2 aliphatic rings. The van der Waals surface area contributed by atoms with Crippen LogP contribution in [0.4, 0.5) is 5.82 Å². The number of aromatic nitrogens is 3. The Labute approximate surface area is 186 Å². The van der Waals surface area contributed by atoms with Crippen molar-refractivity contribution in [3.8, 4) is 11.1 Å². The number of hydrogen-bond acceptors (Lipinski definition) is 5. The zero-order valence-electron chi connectivity index (χ0n) is 18.3. The van der Waals surface area contributed by atoms with Crippen molar-refractivity contribution in [1.29, 1.82) is 0 Å². The summed E-state index contributed by atoms with van der Waals surface area (Å²) in [5.74, 6) is -0.240. The van der Waals surface area contributed by atoms with E-state index in [1.807, 2.05) is 10.9 Å². The van der Waals surface area contributed by atoms with Gasteiger partial charge < -0.3 is 15.0 Å². The van der Waals surface area contributed by atoms with E-state index < -0.39 is 5.92 Å². The van der Waals surface area contributed by atoms with Gasteiger partial charge in [0.15, 0.2) is 0 Å². The Morgan fingerprint density at radius 1 is 1.32 bits per heavy atom. The van der Waals surface area contributed by atoms with Crippen molar-refractivity contribution in [2.45, 2.75) is 46.8 Å². The van der Waals surface area contributed by atoms with Crippen molar-refractivity contribution < 1.29 is 14.3 Å². The number of anilines is 1. The highest BCUT2D eigenvalue weighted by Crippen LogP contribution is 2.39. The average Bonchev–Trinajstić information content (AvgIpc) is 3.23. The van der Waals surface area contributed by atoms with Crippen LogP contribution in [-0.4, -0.2) is 57.3 Å². The van der Waals surface area contributed by atoms with E-state index in [1.165, 1.54) is 6.92 Å². The summed E-state index contributed by atoms with van der Waals surface area (Å²) in [6.07, 6.45) is 3.93. The molecule has 0 bridgehead atoms. The molecule has 2 atom stereocenters. The highest BCUT2D eigenvalue weighted by Gasteiger charge is 2.33. The first-order valence-electron chi connectivity index (χ1n) is 10.5. The van der Waals surface area contributed by atoms with Crippen LogP contribution < -0.4 is 5.32 Å². The fourth-order valence-corrected chi connectivity index (χ4v) is 4.46. The van der Waals surface area contributed by atoms with Crippen LogP contribution in [0.1, 0.15) is 33.4 Å². The maximum atomic E-state index is 12.9. The van der Waals surface area contributed by atoms with Crippen LogP contribution in [0.5, 0.6) is 0 Å². The first-order valence-corrected chi connectivity index (χ1v) is 10.9. The van der Waals surface area contributed by atoms with Crippen molar-refractivity contribution in [3.05, 3.63) is 29.2 Å². The number of nitrogens with one attached hydrogen (secondary N) is 1. The van der Waals surface area contributed by atoms with Crippen LogP contribution >= 0.6 is 11.6 Å². The second kappa shape index (κ2) is 8.24. The van der Waals surface area contributed by atoms with E-state index in [-0.39, 0.29) is 23.3 Å². The smallest absolute Gasteiger partial charge is 0.231 e. The van der Waals surface area contributed by atoms with Gasteiger partial charge in [-0.1, -0.05) is 32.4 Å². The number of halogens is 1. The predicted molar refractivity (Wildman–Crippen MR) is 118 cm³/mol. The van der Waals surface area contributed by atoms with Crippen molar-refractivity contribution in [1.82, 2.24) is 19.7 Å². The summed E-state index contributed by atoms with van der Waals surface area (Å²) in [5.41, 5.74) is 3.06. The second-order valence-electron chi connectivity index (χ2n) is 9.21. The molecule has 8 nitrogen and oxygen atoms in total. The molecule has 2 aromatic rings. The third-order valence-electron chi connectivity index (χ3n) is 6.08. The van der Waals surface area contributed by atoms with Gasteiger partial charge in [0.25, 0.3) is 0 Å². The molecule has 0 aromatic carbocycles. The zero-order chi connectivity index (χ0) is 22.3. The first-order chi connectivity index (χ1) is 14.6. The Balaban J connectivity index is 1.51. The topological polar surface area (TPSA) is 89.4 Å². The van der Waals surface area contributed by atoms with Crippen LogP contribution in [0.2, 0.25) is 5.02 Å². The molecular weight excluding hydrogens is 418 g/mol. The van der Waals surface area contributed by atoms with Gasteiger partial charge in [0, 0.05) is 49.6 Å².